The van der Waals surface area contributed by atoms with Gasteiger partial charge in [-0.25, -0.2) is 4.98 Å². The first-order chi connectivity index (χ1) is 12.3. The number of carbonyl (C=O) groups excluding carboxylic acids is 1. The molecule has 2 aromatic rings. The van der Waals surface area contributed by atoms with Gasteiger partial charge in [0.15, 0.2) is 0 Å². The fourth-order valence-corrected chi connectivity index (χ4v) is 3.28. The van der Waals surface area contributed by atoms with Crippen molar-refractivity contribution in [3.63, 3.8) is 0 Å². The summed E-state index contributed by atoms with van der Waals surface area (Å²) in [4.78, 5) is 19.2. The molecule has 0 radical (unpaired) electrons. The van der Waals surface area contributed by atoms with Crippen LogP contribution in [0.1, 0.15) is 37.7 Å². The number of benzene rings is 1. The van der Waals surface area contributed by atoms with Crippen molar-refractivity contribution in [3.05, 3.63) is 60.3 Å². The lowest BCUT2D eigenvalue weighted by molar-refractivity contribution is -0.114. The summed E-state index contributed by atoms with van der Waals surface area (Å²) in [5.74, 6) is 1.53. The first-order valence-electron chi connectivity index (χ1n) is 8.84. The maximum atomic E-state index is 12.9. The van der Waals surface area contributed by atoms with Gasteiger partial charge < -0.3 is 4.74 Å². The standard InChI is InChI=1S/C21H24N2O2/c1-25-19-13-10-17(11-14-19)12-15-21(24)23(18-7-3-2-4-8-18)20-9-5-6-16-22-20/h5-6,9-16,18H,2-4,7-8H2,1H3/b15-12+. The Bertz CT molecular complexity index is 704. The number of nitrogens with zero attached hydrogens (tertiary/aromatic N) is 2. The Hall–Kier alpha value is -2.62. The van der Waals surface area contributed by atoms with E-state index in [4.69, 9.17) is 4.74 Å². The highest BCUT2D eigenvalue weighted by Crippen LogP contribution is 2.26. The van der Waals surface area contributed by atoms with Crippen LogP contribution in [0, 0.1) is 0 Å². The fourth-order valence-electron chi connectivity index (χ4n) is 3.28. The molecule has 3 rings (SSSR count). The minimum absolute atomic E-state index is 0.0126. The number of amides is 1. The molecular weight excluding hydrogens is 312 g/mol. The summed E-state index contributed by atoms with van der Waals surface area (Å²) < 4.78 is 5.16. The van der Waals surface area contributed by atoms with E-state index in [2.05, 4.69) is 4.98 Å². The molecule has 1 amide bonds. The zero-order valence-electron chi connectivity index (χ0n) is 14.6. The number of anilines is 1. The molecule has 4 heteroatoms. The van der Waals surface area contributed by atoms with Crippen LogP contribution in [0.15, 0.2) is 54.7 Å². The number of hydrogen-bond donors (Lipinski definition) is 0. The van der Waals surface area contributed by atoms with Gasteiger partial charge in [0.1, 0.15) is 11.6 Å². The summed E-state index contributed by atoms with van der Waals surface area (Å²) in [7, 11) is 1.64. The summed E-state index contributed by atoms with van der Waals surface area (Å²) in [5.41, 5.74) is 0.971. The number of pyridine rings is 1. The van der Waals surface area contributed by atoms with Gasteiger partial charge in [-0.2, -0.15) is 0 Å². The molecule has 1 aliphatic carbocycles. The van der Waals surface area contributed by atoms with Crippen molar-refractivity contribution >= 4 is 17.8 Å². The van der Waals surface area contributed by atoms with Crippen molar-refractivity contribution in [1.82, 2.24) is 4.98 Å². The van der Waals surface area contributed by atoms with E-state index in [0.717, 1.165) is 30.0 Å². The van der Waals surface area contributed by atoms with Crippen LogP contribution in [0.3, 0.4) is 0 Å². The van der Waals surface area contributed by atoms with E-state index in [9.17, 15) is 4.79 Å². The molecule has 0 saturated heterocycles. The number of aromatic nitrogens is 1. The lowest BCUT2D eigenvalue weighted by atomic mass is 9.94. The van der Waals surface area contributed by atoms with Crippen LogP contribution in [-0.4, -0.2) is 24.0 Å². The summed E-state index contributed by atoms with van der Waals surface area (Å²) >= 11 is 0. The van der Waals surface area contributed by atoms with E-state index < -0.39 is 0 Å². The summed E-state index contributed by atoms with van der Waals surface area (Å²) in [5, 5.41) is 0. The average Bonchev–Trinajstić information content (AvgIpc) is 2.69. The molecule has 0 atom stereocenters. The zero-order valence-corrected chi connectivity index (χ0v) is 14.6. The van der Waals surface area contributed by atoms with Gasteiger partial charge in [-0.15, -0.1) is 0 Å². The predicted molar refractivity (Wildman–Crippen MR) is 101 cm³/mol. The molecule has 25 heavy (non-hydrogen) atoms. The summed E-state index contributed by atoms with van der Waals surface area (Å²) in [6, 6.07) is 13.6. The van der Waals surface area contributed by atoms with Gasteiger partial charge in [0.05, 0.1) is 7.11 Å². The third-order valence-corrected chi connectivity index (χ3v) is 4.61. The van der Waals surface area contributed by atoms with Crippen LogP contribution in [0.2, 0.25) is 0 Å². The number of methoxy groups -OCH3 is 1. The van der Waals surface area contributed by atoms with E-state index in [1.54, 1.807) is 19.4 Å². The predicted octanol–water partition coefficient (Wildman–Crippen LogP) is 4.47. The second kappa shape index (κ2) is 8.47. The lowest BCUT2D eigenvalue weighted by Crippen LogP contribution is -2.41. The lowest BCUT2D eigenvalue weighted by Gasteiger charge is -2.32. The number of hydrogen-bond acceptors (Lipinski definition) is 3. The van der Waals surface area contributed by atoms with Crippen molar-refractivity contribution in [2.75, 3.05) is 12.0 Å². The summed E-state index contributed by atoms with van der Waals surface area (Å²) in [6.07, 6.45) is 10.9. The zero-order chi connectivity index (χ0) is 17.5. The molecule has 0 N–H and O–H groups in total. The molecule has 1 aliphatic rings. The molecule has 1 saturated carbocycles. The largest absolute Gasteiger partial charge is 0.497 e. The Morgan fingerprint density at radius 1 is 1.12 bits per heavy atom. The van der Waals surface area contributed by atoms with Crippen molar-refractivity contribution in [3.8, 4) is 5.75 Å². The highest BCUT2D eigenvalue weighted by atomic mass is 16.5. The molecule has 0 aliphatic heterocycles. The van der Waals surface area contributed by atoms with E-state index in [0.29, 0.717) is 0 Å². The van der Waals surface area contributed by atoms with E-state index in [1.807, 2.05) is 53.4 Å². The average molecular weight is 336 g/mol. The van der Waals surface area contributed by atoms with E-state index >= 15 is 0 Å². The molecule has 1 heterocycles. The van der Waals surface area contributed by atoms with Crippen LogP contribution in [0.5, 0.6) is 5.75 Å². The molecule has 1 aromatic heterocycles. The van der Waals surface area contributed by atoms with Crippen molar-refractivity contribution in [2.24, 2.45) is 0 Å². The number of carbonyl (C=O) groups is 1. The molecule has 130 valence electrons. The Balaban J connectivity index is 1.79. The van der Waals surface area contributed by atoms with Gasteiger partial charge >= 0.3 is 0 Å². The monoisotopic (exact) mass is 336 g/mol. The number of ether oxygens (including phenoxy) is 1. The van der Waals surface area contributed by atoms with Crippen molar-refractivity contribution in [1.29, 1.82) is 0 Å². The quantitative estimate of drug-likeness (QED) is 0.757. The Morgan fingerprint density at radius 3 is 2.52 bits per heavy atom. The second-order valence-electron chi connectivity index (χ2n) is 6.29. The molecule has 0 unspecified atom stereocenters. The van der Waals surface area contributed by atoms with Crippen LogP contribution >= 0.6 is 0 Å². The first-order valence-corrected chi connectivity index (χ1v) is 8.84. The maximum Gasteiger partial charge on any atom is 0.252 e. The first kappa shape index (κ1) is 17.2. The van der Waals surface area contributed by atoms with Gasteiger partial charge in [-0.1, -0.05) is 37.5 Å². The third-order valence-electron chi connectivity index (χ3n) is 4.61. The second-order valence-corrected chi connectivity index (χ2v) is 6.29. The Kier molecular flexibility index (Phi) is 5.83. The van der Waals surface area contributed by atoms with Crippen LogP contribution in [0.4, 0.5) is 5.82 Å². The van der Waals surface area contributed by atoms with E-state index in [-0.39, 0.29) is 11.9 Å². The molecule has 1 aromatic carbocycles. The van der Waals surface area contributed by atoms with Crippen molar-refractivity contribution in [2.45, 2.75) is 38.1 Å². The van der Waals surface area contributed by atoms with Gasteiger partial charge in [0, 0.05) is 18.3 Å². The molecule has 4 nitrogen and oxygen atoms in total. The van der Waals surface area contributed by atoms with Crippen molar-refractivity contribution < 1.29 is 9.53 Å². The molecule has 0 bridgehead atoms. The minimum atomic E-state index is -0.0126. The van der Waals surface area contributed by atoms with Gasteiger partial charge in [-0.05, 0) is 48.7 Å². The van der Waals surface area contributed by atoms with Gasteiger partial charge in [0.25, 0.3) is 5.91 Å². The SMILES string of the molecule is COc1ccc(/C=C/C(=O)N(c2ccccn2)C2CCCCC2)cc1. The summed E-state index contributed by atoms with van der Waals surface area (Å²) in [6.45, 7) is 0. The highest BCUT2D eigenvalue weighted by molar-refractivity contribution is 6.03. The smallest absolute Gasteiger partial charge is 0.252 e. The Morgan fingerprint density at radius 2 is 1.88 bits per heavy atom. The molecule has 0 spiro atoms. The van der Waals surface area contributed by atoms with Crippen LogP contribution in [0.25, 0.3) is 6.08 Å². The fraction of sp³-hybridized carbons (Fsp3) is 0.333. The minimum Gasteiger partial charge on any atom is -0.497 e. The highest BCUT2D eigenvalue weighted by Gasteiger charge is 2.26. The van der Waals surface area contributed by atoms with Gasteiger partial charge in [-0.3, -0.25) is 9.69 Å². The normalized spacial score (nSPS) is 15.2. The number of rotatable bonds is 5. The Labute approximate surface area is 149 Å². The molecular formula is C21H24N2O2. The molecule has 1 fully saturated rings. The third kappa shape index (κ3) is 4.47. The maximum absolute atomic E-state index is 12.9. The van der Waals surface area contributed by atoms with Crippen LogP contribution < -0.4 is 9.64 Å². The topological polar surface area (TPSA) is 42.4 Å². The van der Waals surface area contributed by atoms with E-state index in [1.165, 1.54) is 19.3 Å². The van der Waals surface area contributed by atoms with Gasteiger partial charge in [0.2, 0.25) is 0 Å². The van der Waals surface area contributed by atoms with Crippen LogP contribution in [-0.2, 0) is 4.79 Å².